The van der Waals surface area contributed by atoms with E-state index in [-0.39, 0.29) is 12.0 Å². The minimum atomic E-state index is -0.150. The molecule has 0 aliphatic rings. The molecule has 3 rings (SSSR count). The summed E-state index contributed by atoms with van der Waals surface area (Å²) in [6.07, 6.45) is 0.980. The second-order valence-corrected chi connectivity index (χ2v) is 8.52. The van der Waals surface area contributed by atoms with E-state index in [1.807, 2.05) is 52.8 Å². The summed E-state index contributed by atoms with van der Waals surface area (Å²) in [6, 6.07) is 9.18. The minimum absolute atomic E-state index is 0.0945. The molecule has 7 heteroatoms. The molecule has 1 amide bonds. The molecular formula is C23H28N4O2S. The highest BCUT2D eigenvalue weighted by Crippen LogP contribution is 2.35. The zero-order chi connectivity index (χ0) is 21.8. The Morgan fingerprint density at radius 2 is 1.93 bits per heavy atom. The number of ether oxygens (including phenoxy) is 1. The number of rotatable bonds is 7. The Kier molecular flexibility index (Phi) is 6.72. The van der Waals surface area contributed by atoms with E-state index in [0.29, 0.717) is 5.56 Å². The fraction of sp³-hybridized carbons (Fsp3) is 0.348. The predicted molar refractivity (Wildman–Crippen MR) is 126 cm³/mol. The zero-order valence-corrected chi connectivity index (χ0v) is 19.1. The second kappa shape index (κ2) is 9.26. The number of amides is 1. The van der Waals surface area contributed by atoms with Crippen LogP contribution in [0.2, 0.25) is 0 Å². The number of thiazole rings is 1. The van der Waals surface area contributed by atoms with E-state index in [4.69, 9.17) is 4.74 Å². The molecule has 6 nitrogen and oxygen atoms in total. The third-order valence-electron chi connectivity index (χ3n) is 4.70. The number of benzene rings is 2. The molecular weight excluding hydrogens is 396 g/mol. The van der Waals surface area contributed by atoms with Crippen molar-refractivity contribution in [2.24, 2.45) is 5.10 Å². The number of aryl methyl sites for hydroxylation is 2. The molecule has 0 fully saturated rings. The Morgan fingerprint density at radius 1 is 1.23 bits per heavy atom. The van der Waals surface area contributed by atoms with Gasteiger partial charge in [-0.2, -0.15) is 5.10 Å². The molecule has 30 heavy (non-hydrogen) atoms. The van der Waals surface area contributed by atoms with Crippen LogP contribution in [-0.2, 0) is 0 Å². The Labute approximate surface area is 181 Å². The van der Waals surface area contributed by atoms with E-state index in [2.05, 4.69) is 27.8 Å². The van der Waals surface area contributed by atoms with E-state index in [1.54, 1.807) is 12.1 Å². The van der Waals surface area contributed by atoms with Crippen LogP contribution >= 0.6 is 11.3 Å². The number of carbonyl (C=O) groups excluding carboxylic acids is 1. The Morgan fingerprint density at radius 3 is 2.57 bits per heavy atom. The van der Waals surface area contributed by atoms with Crippen molar-refractivity contribution in [3.05, 3.63) is 47.0 Å². The first-order valence-corrected chi connectivity index (χ1v) is 10.9. The number of aromatic nitrogens is 1. The Hall–Kier alpha value is -2.93. The number of hydrogen-bond donors (Lipinski definition) is 2. The fourth-order valence-electron chi connectivity index (χ4n) is 2.99. The van der Waals surface area contributed by atoms with Gasteiger partial charge in [-0.15, -0.1) is 0 Å². The van der Waals surface area contributed by atoms with Gasteiger partial charge in [-0.3, -0.25) is 10.2 Å². The molecule has 2 N–H and O–H groups in total. The standard InChI is InChI=1S/C23H28N4O2S/c1-7-15(5)26-27-23-24-19-12-14(4)20(16(6)21(19)30-23)25-22(28)17-8-10-18(11-9-17)29-13(2)3/h8-13H,7H2,1-6H3,(H,24,27)(H,25,28)/b26-15+. The first kappa shape index (κ1) is 21.8. The average Bonchev–Trinajstić information content (AvgIpc) is 3.12. The van der Waals surface area contributed by atoms with Crippen LogP contribution in [0.15, 0.2) is 35.4 Å². The summed E-state index contributed by atoms with van der Waals surface area (Å²) in [6.45, 7) is 12.0. The molecule has 0 bridgehead atoms. The first-order chi connectivity index (χ1) is 14.3. The Bertz CT molecular complexity index is 1080. The van der Waals surface area contributed by atoms with Gasteiger partial charge in [0.15, 0.2) is 0 Å². The number of nitrogens with one attached hydrogen (secondary N) is 2. The normalized spacial score (nSPS) is 11.8. The van der Waals surface area contributed by atoms with Crippen LogP contribution in [0.1, 0.15) is 55.6 Å². The molecule has 0 saturated carbocycles. The summed E-state index contributed by atoms with van der Waals surface area (Å²) >= 11 is 1.53. The summed E-state index contributed by atoms with van der Waals surface area (Å²) in [4.78, 5) is 17.4. The second-order valence-electron chi connectivity index (χ2n) is 7.52. The molecule has 2 aromatic carbocycles. The zero-order valence-electron chi connectivity index (χ0n) is 18.3. The number of anilines is 2. The number of hydrazone groups is 1. The lowest BCUT2D eigenvalue weighted by Crippen LogP contribution is -2.14. The third kappa shape index (κ3) is 4.97. The molecule has 158 valence electrons. The maximum absolute atomic E-state index is 12.8. The minimum Gasteiger partial charge on any atom is -0.491 e. The van der Waals surface area contributed by atoms with Gasteiger partial charge in [0.05, 0.1) is 16.3 Å². The number of hydrogen-bond acceptors (Lipinski definition) is 6. The summed E-state index contributed by atoms with van der Waals surface area (Å²) < 4.78 is 6.68. The van der Waals surface area contributed by atoms with Crippen molar-refractivity contribution in [3.63, 3.8) is 0 Å². The van der Waals surface area contributed by atoms with Crippen molar-refractivity contribution in [2.75, 3.05) is 10.7 Å². The summed E-state index contributed by atoms with van der Waals surface area (Å²) in [7, 11) is 0. The number of nitrogens with zero attached hydrogens (tertiary/aromatic N) is 2. The third-order valence-corrected chi connectivity index (χ3v) is 5.79. The summed E-state index contributed by atoms with van der Waals surface area (Å²) in [5.74, 6) is 0.601. The SMILES string of the molecule is CC/C(C)=N/Nc1nc2cc(C)c(NC(=O)c3ccc(OC(C)C)cc3)c(C)c2s1. The molecule has 1 aromatic heterocycles. The van der Waals surface area contributed by atoms with Gasteiger partial charge in [-0.25, -0.2) is 4.98 Å². The van der Waals surface area contributed by atoms with Gasteiger partial charge in [-0.05, 0) is 82.5 Å². The first-order valence-electron chi connectivity index (χ1n) is 10.1. The van der Waals surface area contributed by atoms with Crippen LogP contribution in [0.3, 0.4) is 0 Å². The van der Waals surface area contributed by atoms with Crippen molar-refractivity contribution in [1.29, 1.82) is 0 Å². The fourth-order valence-corrected chi connectivity index (χ4v) is 3.88. The molecule has 0 spiro atoms. The van der Waals surface area contributed by atoms with Gasteiger partial charge in [0.25, 0.3) is 5.91 Å². The van der Waals surface area contributed by atoms with Gasteiger partial charge in [-0.1, -0.05) is 18.3 Å². The quantitative estimate of drug-likeness (QED) is 0.352. The van der Waals surface area contributed by atoms with E-state index in [9.17, 15) is 4.79 Å². The lowest BCUT2D eigenvalue weighted by Gasteiger charge is -2.13. The molecule has 0 radical (unpaired) electrons. The van der Waals surface area contributed by atoms with Gasteiger partial charge in [0.1, 0.15) is 5.75 Å². The highest BCUT2D eigenvalue weighted by molar-refractivity contribution is 7.22. The van der Waals surface area contributed by atoms with Gasteiger partial charge >= 0.3 is 0 Å². The van der Waals surface area contributed by atoms with Crippen molar-refractivity contribution in [3.8, 4) is 5.75 Å². The van der Waals surface area contributed by atoms with Crippen LogP contribution in [0.5, 0.6) is 5.75 Å². The van der Waals surface area contributed by atoms with Crippen molar-refractivity contribution in [2.45, 2.75) is 54.1 Å². The highest BCUT2D eigenvalue weighted by Gasteiger charge is 2.15. The lowest BCUT2D eigenvalue weighted by atomic mass is 10.1. The molecule has 3 aromatic rings. The van der Waals surface area contributed by atoms with Crippen molar-refractivity contribution in [1.82, 2.24) is 4.98 Å². The largest absolute Gasteiger partial charge is 0.491 e. The van der Waals surface area contributed by atoms with E-state index >= 15 is 0 Å². The van der Waals surface area contributed by atoms with Crippen LogP contribution in [0.25, 0.3) is 10.2 Å². The van der Waals surface area contributed by atoms with Crippen LogP contribution in [0, 0.1) is 13.8 Å². The monoisotopic (exact) mass is 424 g/mol. The van der Waals surface area contributed by atoms with Gasteiger partial charge in [0, 0.05) is 17.0 Å². The van der Waals surface area contributed by atoms with E-state index in [1.165, 1.54) is 11.3 Å². The average molecular weight is 425 g/mol. The van der Waals surface area contributed by atoms with Crippen molar-refractivity contribution < 1.29 is 9.53 Å². The van der Waals surface area contributed by atoms with Crippen LogP contribution in [0.4, 0.5) is 10.8 Å². The molecule has 0 aliphatic carbocycles. The molecule has 1 heterocycles. The highest BCUT2D eigenvalue weighted by atomic mass is 32.1. The Balaban J connectivity index is 1.84. The maximum atomic E-state index is 12.8. The summed E-state index contributed by atoms with van der Waals surface area (Å²) in [5.41, 5.74) is 8.32. The lowest BCUT2D eigenvalue weighted by molar-refractivity contribution is 0.102. The predicted octanol–water partition coefficient (Wildman–Crippen LogP) is 6.15. The van der Waals surface area contributed by atoms with Crippen molar-refractivity contribution >= 4 is 44.0 Å². The molecule has 0 unspecified atom stereocenters. The van der Waals surface area contributed by atoms with Gasteiger partial charge < -0.3 is 10.1 Å². The van der Waals surface area contributed by atoms with Crippen LogP contribution in [-0.4, -0.2) is 22.7 Å². The molecule has 0 aliphatic heterocycles. The van der Waals surface area contributed by atoms with Crippen LogP contribution < -0.4 is 15.5 Å². The topological polar surface area (TPSA) is 75.6 Å². The maximum Gasteiger partial charge on any atom is 0.255 e. The van der Waals surface area contributed by atoms with E-state index < -0.39 is 0 Å². The smallest absolute Gasteiger partial charge is 0.255 e. The number of carbonyl (C=O) groups is 1. The van der Waals surface area contributed by atoms with E-state index in [0.717, 1.165) is 50.0 Å². The van der Waals surface area contributed by atoms with Gasteiger partial charge in [0.2, 0.25) is 5.13 Å². The number of fused-ring (bicyclic) bond motifs is 1. The molecule has 0 atom stereocenters. The summed E-state index contributed by atoms with van der Waals surface area (Å²) in [5, 5.41) is 8.14. The molecule has 0 saturated heterocycles.